The number of aromatic amines is 1. The summed E-state index contributed by atoms with van der Waals surface area (Å²) in [6.07, 6.45) is 4.51. The molecule has 162 valence electrons. The second kappa shape index (κ2) is 7.85. The van der Waals surface area contributed by atoms with Crippen molar-refractivity contribution in [3.8, 4) is 22.8 Å². The molecule has 3 heterocycles. The molecular weight excluding hydrogens is 435 g/mol. The predicted octanol–water partition coefficient (Wildman–Crippen LogP) is 4.64. The zero-order valence-electron chi connectivity index (χ0n) is 17.2. The van der Waals surface area contributed by atoms with E-state index in [0.29, 0.717) is 34.6 Å². The average molecular weight is 453 g/mol. The summed E-state index contributed by atoms with van der Waals surface area (Å²) in [5.41, 5.74) is 3.07. The molecule has 5 aromatic rings. The fourth-order valence-corrected chi connectivity index (χ4v) is 3.70. The van der Waals surface area contributed by atoms with Gasteiger partial charge in [-0.15, -0.1) is 0 Å². The maximum atomic E-state index is 14.9. The molecule has 32 heavy (non-hydrogen) atoms. The molecule has 0 radical (unpaired) electrons. The number of nitrogens with zero attached hydrogens (tertiary/aromatic N) is 5. The number of nitrogens with one attached hydrogen (secondary N) is 1. The van der Waals surface area contributed by atoms with Crippen molar-refractivity contribution in [3.05, 3.63) is 59.5 Å². The number of aliphatic hydroxyl groups is 1. The van der Waals surface area contributed by atoms with E-state index in [1.54, 1.807) is 55.3 Å². The predicted molar refractivity (Wildman–Crippen MR) is 118 cm³/mol. The van der Waals surface area contributed by atoms with Crippen LogP contribution in [0.2, 0.25) is 5.02 Å². The number of hydrogen-bond donors (Lipinski definition) is 2. The van der Waals surface area contributed by atoms with Crippen molar-refractivity contribution in [3.63, 3.8) is 0 Å². The number of rotatable bonds is 5. The Balaban J connectivity index is 1.52. The molecule has 0 amide bonds. The Labute approximate surface area is 186 Å². The molecule has 0 aliphatic rings. The van der Waals surface area contributed by atoms with E-state index < -0.39 is 11.9 Å². The molecule has 2 N–H and O–H groups in total. The van der Waals surface area contributed by atoms with Crippen molar-refractivity contribution in [2.45, 2.75) is 26.5 Å². The summed E-state index contributed by atoms with van der Waals surface area (Å²) < 4.78 is 22.3. The van der Waals surface area contributed by atoms with Crippen LogP contribution in [0.4, 0.5) is 4.39 Å². The Hall–Kier alpha value is -3.56. The summed E-state index contributed by atoms with van der Waals surface area (Å²) in [4.78, 5) is 16.1. The number of H-pyrrole nitrogens is 1. The molecule has 2 aromatic carbocycles. The van der Waals surface area contributed by atoms with E-state index in [9.17, 15) is 9.50 Å². The third-order valence-corrected chi connectivity index (χ3v) is 5.26. The van der Waals surface area contributed by atoms with Crippen LogP contribution < -0.4 is 4.74 Å². The number of imidazole rings is 1. The van der Waals surface area contributed by atoms with Crippen LogP contribution in [-0.2, 0) is 6.54 Å². The Morgan fingerprint density at radius 2 is 1.94 bits per heavy atom. The molecule has 10 heteroatoms. The van der Waals surface area contributed by atoms with Gasteiger partial charge in [-0.1, -0.05) is 11.6 Å². The summed E-state index contributed by atoms with van der Waals surface area (Å²) in [7, 11) is 0. The molecule has 8 nitrogen and oxygen atoms in total. The minimum absolute atomic E-state index is 0.0194. The van der Waals surface area contributed by atoms with E-state index in [1.807, 2.05) is 0 Å². The van der Waals surface area contributed by atoms with Gasteiger partial charge in [-0.05, 0) is 38.1 Å². The first-order valence-corrected chi connectivity index (χ1v) is 10.3. The van der Waals surface area contributed by atoms with Crippen molar-refractivity contribution >= 4 is 33.7 Å². The van der Waals surface area contributed by atoms with Crippen molar-refractivity contribution in [2.75, 3.05) is 0 Å². The highest BCUT2D eigenvalue weighted by Gasteiger charge is 2.16. The van der Waals surface area contributed by atoms with Gasteiger partial charge in [0.25, 0.3) is 0 Å². The molecule has 5 rings (SSSR count). The maximum absolute atomic E-state index is 14.9. The van der Waals surface area contributed by atoms with E-state index in [0.717, 1.165) is 5.56 Å². The van der Waals surface area contributed by atoms with E-state index >= 15 is 0 Å². The monoisotopic (exact) mass is 452 g/mol. The van der Waals surface area contributed by atoms with Crippen LogP contribution in [0.25, 0.3) is 33.3 Å². The fourth-order valence-electron chi connectivity index (χ4n) is 3.46. The van der Waals surface area contributed by atoms with Gasteiger partial charge in [0, 0.05) is 11.8 Å². The highest BCUT2D eigenvalue weighted by Crippen LogP contribution is 2.37. The molecule has 0 saturated heterocycles. The summed E-state index contributed by atoms with van der Waals surface area (Å²) >= 11 is 6.58. The lowest BCUT2D eigenvalue weighted by atomic mass is 10.2. The van der Waals surface area contributed by atoms with Crippen molar-refractivity contribution in [1.29, 1.82) is 0 Å². The Bertz CT molecular complexity index is 1460. The largest absolute Gasteiger partial charge is 0.453 e. The lowest BCUT2D eigenvalue weighted by molar-refractivity contribution is 0.168. The minimum Gasteiger partial charge on any atom is -0.453 e. The highest BCUT2D eigenvalue weighted by molar-refractivity contribution is 6.36. The number of aromatic nitrogens is 6. The molecule has 0 unspecified atom stereocenters. The van der Waals surface area contributed by atoms with Gasteiger partial charge in [0.05, 0.1) is 41.8 Å². The zero-order chi connectivity index (χ0) is 22.4. The second-order valence-corrected chi connectivity index (χ2v) is 7.87. The van der Waals surface area contributed by atoms with E-state index in [1.165, 1.54) is 6.07 Å². The number of aliphatic hydroxyl groups excluding tert-OH is 1. The topological polar surface area (TPSA) is 102 Å². The molecule has 0 fully saturated rings. The Kier molecular flexibility index (Phi) is 4.99. The van der Waals surface area contributed by atoms with Crippen LogP contribution in [-0.4, -0.2) is 40.9 Å². The Morgan fingerprint density at radius 1 is 1.16 bits per heavy atom. The van der Waals surface area contributed by atoms with Gasteiger partial charge >= 0.3 is 0 Å². The molecule has 0 aliphatic carbocycles. The first-order chi connectivity index (χ1) is 15.4. The summed E-state index contributed by atoms with van der Waals surface area (Å²) in [6, 6.07) is 6.52. The van der Waals surface area contributed by atoms with Crippen molar-refractivity contribution < 1.29 is 14.2 Å². The van der Waals surface area contributed by atoms with Crippen LogP contribution in [0.15, 0.2) is 42.9 Å². The third-order valence-electron chi connectivity index (χ3n) is 4.90. The van der Waals surface area contributed by atoms with Crippen LogP contribution in [0.1, 0.15) is 12.7 Å². The molecule has 0 bridgehead atoms. The fraction of sp³-hybridized carbons (Fsp3) is 0.182. The first-order valence-electron chi connectivity index (χ1n) is 9.88. The number of fused-ring (bicyclic) bond motifs is 2. The highest BCUT2D eigenvalue weighted by atomic mass is 35.5. The summed E-state index contributed by atoms with van der Waals surface area (Å²) in [5, 5.41) is 14.0. The summed E-state index contributed by atoms with van der Waals surface area (Å²) in [6.45, 7) is 3.81. The van der Waals surface area contributed by atoms with Gasteiger partial charge in [-0.3, -0.25) is 9.67 Å². The number of halogens is 2. The van der Waals surface area contributed by atoms with Gasteiger partial charge < -0.3 is 14.8 Å². The SMILES string of the molecule is Cc1nc2ccc(Oc3ccc4ncc(-c5cnn(C[C@H](C)O)c5)nc4c3Cl)c(F)c2[nH]1. The average Bonchev–Trinajstić information content (AvgIpc) is 3.38. The van der Waals surface area contributed by atoms with Gasteiger partial charge in [0.15, 0.2) is 11.6 Å². The molecule has 0 spiro atoms. The van der Waals surface area contributed by atoms with Crippen LogP contribution in [0.5, 0.6) is 11.5 Å². The molecule has 3 aromatic heterocycles. The molecule has 1 atom stereocenters. The quantitative estimate of drug-likeness (QED) is 0.402. The maximum Gasteiger partial charge on any atom is 0.191 e. The van der Waals surface area contributed by atoms with Crippen LogP contribution >= 0.6 is 11.6 Å². The van der Waals surface area contributed by atoms with Gasteiger partial charge in [-0.2, -0.15) is 5.10 Å². The second-order valence-electron chi connectivity index (χ2n) is 7.50. The smallest absolute Gasteiger partial charge is 0.191 e. The standard InChI is InChI=1S/C22H18ClFN6O2/c1-11(31)9-30-10-13(7-26-30)16-8-25-14-3-5-17(19(23)21(14)29-16)32-18-6-4-15-22(20(18)24)28-12(2)27-15/h3-8,10-11,31H,9H2,1-2H3,(H,27,28)/t11-/m0/s1. The molecule has 0 aliphatic heterocycles. The molecule has 0 saturated carbocycles. The number of ether oxygens (including phenoxy) is 1. The van der Waals surface area contributed by atoms with Gasteiger partial charge in [0.1, 0.15) is 27.6 Å². The molecular formula is C22H18ClFN6O2. The van der Waals surface area contributed by atoms with Crippen LogP contribution in [0, 0.1) is 12.7 Å². The first kappa shape index (κ1) is 20.3. The van der Waals surface area contributed by atoms with E-state index in [4.69, 9.17) is 16.3 Å². The number of hydrogen-bond acceptors (Lipinski definition) is 6. The minimum atomic E-state index is -0.551. The Morgan fingerprint density at radius 3 is 2.75 bits per heavy atom. The normalized spacial score (nSPS) is 12.5. The number of benzene rings is 2. The third kappa shape index (κ3) is 3.65. The van der Waals surface area contributed by atoms with Gasteiger partial charge in [0.2, 0.25) is 0 Å². The van der Waals surface area contributed by atoms with E-state index in [2.05, 4.69) is 25.0 Å². The van der Waals surface area contributed by atoms with Crippen LogP contribution in [0.3, 0.4) is 0 Å². The van der Waals surface area contributed by atoms with E-state index in [-0.39, 0.29) is 22.0 Å². The summed E-state index contributed by atoms with van der Waals surface area (Å²) in [5.74, 6) is 0.333. The zero-order valence-corrected chi connectivity index (χ0v) is 17.9. The number of aryl methyl sites for hydroxylation is 1. The van der Waals surface area contributed by atoms with Crippen molar-refractivity contribution in [2.24, 2.45) is 0 Å². The lowest BCUT2D eigenvalue weighted by Gasteiger charge is -2.10. The lowest BCUT2D eigenvalue weighted by Crippen LogP contribution is -2.11. The van der Waals surface area contributed by atoms with Gasteiger partial charge in [-0.25, -0.2) is 14.4 Å². The van der Waals surface area contributed by atoms with Crippen molar-refractivity contribution in [1.82, 2.24) is 29.7 Å².